The Balaban J connectivity index is 1.91. The molecule has 2 rings (SSSR count). The number of hydrogen-bond donors (Lipinski definition) is 1. The van der Waals surface area contributed by atoms with Gasteiger partial charge in [0.1, 0.15) is 0 Å². The van der Waals surface area contributed by atoms with Crippen LogP contribution in [0.1, 0.15) is 51.0 Å². The fourth-order valence-electron chi connectivity index (χ4n) is 2.38. The maximum absolute atomic E-state index is 12.5. The number of hydrogen-bond acceptors (Lipinski definition) is 4. The van der Waals surface area contributed by atoms with Gasteiger partial charge in [0.2, 0.25) is 5.91 Å². The molecule has 1 heterocycles. The molecule has 1 saturated heterocycles. The molecule has 1 aliphatic heterocycles. The lowest BCUT2D eigenvalue weighted by Crippen LogP contribution is -2.44. The van der Waals surface area contributed by atoms with Crippen molar-refractivity contribution >= 4 is 62.1 Å². The van der Waals surface area contributed by atoms with Crippen LogP contribution in [0.5, 0.6) is 0 Å². The zero-order chi connectivity index (χ0) is 18.2. The first kappa shape index (κ1) is 20.1. The van der Waals surface area contributed by atoms with E-state index in [0.29, 0.717) is 15.6 Å². The molecule has 0 saturated carbocycles. The fourth-order valence-corrected chi connectivity index (χ4v) is 3.98. The molecule has 7 heteroatoms. The van der Waals surface area contributed by atoms with E-state index in [1.165, 1.54) is 29.6 Å². The summed E-state index contributed by atoms with van der Waals surface area (Å²) in [6.07, 6.45) is 7.55. The fraction of sp³-hybridized carbons (Fsp3) is 0.389. The van der Waals surface area contributed by atoms with Crippen molar-refractivity contribution in [3.63, 3.8) is 0 Å². The summed E-state index contributed by atoms with van der Waals surface area (Å²) >= 11 is 9.83. The molecule has 0 radical (unpaired) electrons. The minimum atomic E-state index is -0.283. The van der Waals surface area contributed by atoms with E-state index in [1.54, 1.807) is 6.08 Å². The lowest BCUT2D eigenvalue weighted by atomic mass is 10.1. The van der Waals surface area contributed by atoms with E-state index >= 15 is 0 Å². The molecule has 0 spiro atoms. The monoisotopic (exact) mass is 440 g/mol. The summed E-state index contributed by atoms with van der Waals surface area (Å²) in [5.74, 6) is -0.453. The zero-order valence-corrected chi connectivity index (χ0v) is 17.3. The number of hydrazine groups is 1. The molecule has 4 nitrogen and oxygen atoms in total. The van der Waals surface area contributed by atoms with Crippen LogP contribution in [-0.4, -0.2) is 21.1 Å². The Kier molecular flexibility index (Phi) is 8.12. The van der Waals surface area contributed by atoms with Crippen molar-refractivity contribution in [3.05, 3.63) is 39.2 Å². The highest BCUT2D eigenvalue weighted by atomic mass is 79.9. The maximum Gasteiger partial charge on any atom is 0.285 e. The quantitative estimate of drug-likeness (QED) is 0.349. The highest BCUT2D eigenvalue weighted by Gasteiger charge is 2.33. The Morgan fingerprint density at radius 1 is 1.32 bits per heavy atom. The van der Waals surface area contributed by atoms with Gasteiger partial charge in [-0.1, -0.05) is 72.4 Å². The van der Waals surface area contributed by atoms with Crippen molar-refractivity contribution in [2.45, 2.75) is 45.4 Å². The number of thiocarbonyl (C=S) groups is 1. The third-order valence-corrected chi connectivity index (χ3v) is 5.48. The van der Waals surface area contributed by atoms with Crippen molar-refractivity contribution in [3.8, 4) is 0 Å². The van der Waals surface area contributed by atoms with Crippen LogP contribution in [-0.2, 0) is 9.59 Å². The van der Waals surface area contributed by atoms with Gasteiger partial charge in [-0.15, -0.1) is 0 Å². The van der Waals surface area contributed by atoms with Crippen LogP contribution >= 0.6 is 39.9 Å². The highest BCUT2D eigenvalue weighted by Crippen LogP contribution is 2.31. The van der Waals surface area contributed by atoms with Crippen LogP contribution in [0.3, 0.4) is 0 Å². The number of carbonyl (C=O) groups is 2. The standard InChI is InChI=1S/C18H21BrN2O2S2/c1-2-3-4-5-6-10-16(22)20-21-17(23)15(25-18(21)24)12-13-8-7-9-14(19)11-13/h7-9,11-12H,2-6,10H2,1H3,(H,20,22)/b15-12-. The molecule has 134 valence electrons. The number of rotatable bonds is 8. The van der Waals surface area contributed by atoms with E-state index in [0.717, 1.165) is 29.3 Å². The number of thioether (sulfide) groups is 1. The van der Waals surface area contributed by atoms with Gasteiger partial charge in [0, 0.05) is 10.9 Å². The SMILES string of the molecule is CCCCCCCC(=O)NN1C(=O)/C(=C/c2cccc(Br)c2)SC1=S. The molecule has 1 N–H and O–H groups in total. The molecule has 2 amide bonds. The molecule has 1 aliphatic rings. The van der Waals surface area contributed by atoms with Gasteiger partial charge >= 0.3 is 0 Å². The number of nitrogens with zero attached hydrogens (tertiary/aromatic N) is 1. The van der Waals surface area contributed by atoms with Crippen molar-refractivity contribution in [1.29, 1.82) is 0 Å². The molecule has 0 unspecified atom stereocenters. The lowest BCUT2D eigenvalue weighted by molar-refractivity contribution is -0.133. The first-order valence-electron chi connectivity index (χ1n) is 8.34. The van der Waals surface area contributed by atoms with E-state index in [4.69, 9.17) is 12.2 Å². The van der Waals surface area contributed by atoms with Gasteiger partial charge in [0.05, 0.1) is 4.91 Å². The number of halogens is 1. The molecular weight excluding hydrogens is 420 g/mol. The smallest absolute Gasteiger partial charge is 0.273 e. The Bertz CT molecular complexity index is 691. The summed E-state index contributed by atoms with van der Waals surface area (Å²) in [4.78, 5) is 25.0. The van der Waals surface area contributed by atoms with Crippen LogP contribution in [0, 0.1) is 0 Å². The topological polar surface area (TPSA) is 49.4 Å². The van der Waals surface area contributed by atoms with Crippen LogP contribution in [0.15, 0.2) is 33.6 Å². The minimum absolute atomic E-state index is 0.170. The number of nitrogens with one attached hydrogen (secondary N) is 1. The molecular formula is C18H21BrN2O2S2. The first-order valence-corrected chi connectivity index (χ1v) is 10.4. The average molecular weight is 441 g/mol. The second-order valence-electron chi connectivity index (χ2n) is 5.77. The van der Waals surface area contributed by atoms with E-state index in [9.17, 15) is 9.59 Å². The second kappa shape index (κ2) is 10.1. The van der Waals surface area contributed by atoms with Crippen LogP contribution < -0.4 is 5.43 Å². The molecule has 0 atom stereocenters. The van der Waals surface area contributed by atoms with Crippen molar-refractivity contribution in [2.75, 3.05) is 0 Å². The van der Waals surface area contributed by atoms with E-state index in [1.807, 2.05) is 24.3 Å². The van der Waals surface area contributed by atoms with Crippen LogP contribution in [0.4, 0.5) is 0 Å². The van der Waals surface area contributed by atoms with Crippen LogP contribution in [0.25, 0.3) is 6.08 Å². The normalized spacial score (nSPS) is 15.9. The maximum atomic E-state index is 12.5. The summed E-state index contributed by atoms with van der Waals surface area (Å²) in [7, 11) is 0. The summed E-state index contributed by atoms with van der Waals surface area (Å²) < 4.78 is 1.29. The molecule has 0 bridgehead atoms. The molecule has 0 aliphatic carbocycles. The van der Waals surface area contributed by atoms with Gasteiger partial charge in [-0.3, -0.25) is 15.0 Å². The second-order valence-corrected chi connectivity index (χ2v) is 8.36. The van der Waals surface area contributed by atoms with Gasteiger partial charge in [-0.2, -0.15) is 5.01 Å². The summed E-state index contributed by atoms with van der Waals surface area (Å²) in [5, 5.41) is 1.18. The molecule has 0 aromatic heterocycles. The predicted molar refractivity (Wildman–Crippen MR) is 111 cm³/mol. The largest absolute Gasteiger partial charge is 0.285 e. The lowest BCUT2D eigenvalue weighted by Gasteiger charge is -2.15. The zero-order valence-electron chi connectivity index (χ0n) is 14.1. The molecule has 1 fully saturated rings. The minimum Gasteiger partial charge on any atom is -0.273 e. The van der Waals surface area contributed by atoms with Gasteiger partial charge in [-0.05, 0) is 42.4 Å². The number of carbonyl (C=O) groups excluding carboxylic acids is 2. The number of amides is 2. The van der Waals surface area contributed by atoms with E-state index in [-0.39, 0.29) is 11.8 Å². The van der Waals surface area contributed by atoms with Crippen molar-refractivity contribution in [1.82, 2.24) is 10.4 Å². The summed E-state index contributed by atoms with van der Waals surface area (Å²) in [5.41, 5.74) is 3.53. The Morgan fingerprint density at radius 2 is 2.08 bits per heavy atom. The number of benzene rings is 1. The summed E-state index contributed by atoms with van der Waals surface area (Å²) in [6.45, 7) is 2.16. The summed E-state index contributed by atoms with van der Waals surface area (Å²) in [6, 6.07) is 7.65. The van der Waals surface area contributed by atoms with E-state index in [2.05, 4.69) is 28.3 Å². The first-order chi connectivity index (χ1) is 12.0. The van der Waals surface area contributed by atoms with Crippen LogP contribution in [0.2, 0.25) is 0 Å². The number of unbranched alkanes of at least 4 members (excludes halogenated alkanes) is 4. The van der Waals surface area contributed by atoms with Gasteiger partial charge in [-0.25, -0.2) is 0 Å². The Labute approximate surface area is 166 Å². The van der Waals surface area contributed by atoms with Gasteiger partial charge in [0.25, 0.3) is 5.91 Å². The van der Waals surface area contributed by atoms with E-state index < -0.39 is 0 Å². The highest BCUT2D eigenvalue weighted by molar-refractivity contribution is 9.10. The molecule has 1 aromatic carbocycles. The Hall–Kier alpha value is -1.18. The predicted octanol–water partition coefficient (Wildman–Crippen LogP) is 5.04. The van der Waals surface area contributed by atoms with Gasteiger partial charge in [0.15, 0.2) is 4.32 Å². The third kappa shape index (κ3) is 6.24. The Morgan fingerprint density at radius 3 is 2.80 bits per heavy atom. The molecule has 1 aromatic rings. The van der Waals surface area contributed by atoms with Crippen molar-refractivity contribution < 1.29 is 9.59 Å². The third-order valence-electron chi connectivity index (χ3n) is 3.68. The average Bonchev–Trinajstić information content (AvgIpc) is 2.82. The van der Waals surface area contributed by atoms with Gasteiger partial charge < -0.3 is 0 Å². The molecule has 25 heavy (non-hydrogen) atoms. The van der Waals surface area contributed by atoms with Crippen molar-refractivity contribution in [2.24, 2.45) is 0 Å².